The van der Waals surface area contributed by atoms with Gasteiger partial charge in [0.25, 0.3) is 5.22 Å². The molecule has 3 N–H and O–H groups in total. The second-order valence-corrected chi connectivity index (χ2v) is 5.24. The van der Waals surface area contributed by atoms with Gasteiger partial charge in [0.15, 0.2) is 5.58 Å². The van der Waals surface area contributed by atoms with Crippen molar-refractivity contribution in [2.75, 3.05) is 18.1 Å². The lowest BCUT2D eigenvalue weighted by Gasteiger charge is -1.97. The molecule has 4 nitrogen and oxygen atoms in total. The number of anilines is 1. The summed E-state index contributed by atoms with van der Waals surface area (Å²) in [5, 5.41) is 9.37. The van der Waals surface area contributed by atoms with Crippen LogP contribution in [0, 0.1) is 0 Å². The van der Waals surface area contributed by atoms with Crippen LogP contribution in [0.1, 0.15) is 25.7 Å². The smallest absolute Gasteiger partial charge is 0.256 e. The van der Waals surface area contributed by atoms with Crippen LogP contribution in [0.15, 0.2) is 27.8 Å². The average molecular weight is 266 g/mol. The molecule has 0 saturated heterocycles. The predicted octanol–water partition coefficient (Wildman–Crippen LogP) is 3.05. The molecule has 0 amide bonds. The molecule has 0 aliphatic rings. The Morgan fingerprint density at radius 1 is 1.22 bits per heavy atom. The summed E-state index contributed by atoms with van der Waals surface area (Å²) >= 11 is 1.63. The second kappa shape index (κ2) is 6.66. The number of hydrogen-bond acceptors (Lipinski definition) is 5. The molecule has 0 atom stereocenters. The lowest BCUT2D eigenvalue weighted by atomic mass is 10.2. The Labute approximate surface area is 111 Å². The maximum absolute atomic E-state index is 8.66. The van der Waals surface area contributed by atoms with E-state index < -0.39 is 0 Å². The predicted molar refractivity (Wildman–Crippen MR) is 74.7 cm³/mol. The SMILES string of the molecule is Nc1ccc2oc(SCCCCCCO)nc2c1. The largest absolute Gasteiger partial charge is 0.431 e. The number of thioether (sulfide) groups is 1. The van der Waals surface area contributed by atoms with Gasteiger partial charge in [-0.2, -0.15) is 0 Å². The average Bonchev–Trinajstić information content (AvgIpc) is 2.75. The Hall–Kier alpha value is -1.20. The number of nitrogen functional groups attached to an aromatic ring is 1. The molecule has 0 saturated carbocycles. The van der Waals surface area contributed by atoms with Crippen molar-refractivity contribution in [1.82, 2.24) is 4.98 Å². The summed E-state index contributed by atoms with van der Waals surface area (Å²) in [7, 11) is 0. The van der Waals surface area contributed by atoms with E-state index in [4.69, 9.17) is 15.3 Å². The van der Waals surface area contributed by atoms with Gasteiger partial charge in [-0.3, -0.25) is 0 Å². The third-order valence-electron chi connectivity index (χ3n) is 2.67. The van der Waals surface area contributed by atoms with Crippen molar-refractivity contribution in [3.05, 3.63) is 18.2 Å². The van der Waals surface area contributed by atoms with Gasteiger partial charge in [-0.25, -0.2) is 4.98 Å². The first-order chi connectivity index (χ1) is 8.79. The van der Waals surface area contributed by atoms with E-state index in [2.05, 4.69) is 4.98 Å². The number of fused-ring (bicyclic) bond motifs is 1. The van der Waals surface area contributed by atoms with Crippen LogP contribution in [0.2, 0.25) is 0 Å². The van der Waals surface area contributed by atoms with Gasteiger partial charge in [-0.1, -0.05) is 24.6 Å². The van der Waals surface area contributed by atoms with Crippen LogP contribution in [0.4, 0.5) is 5.69 Å². The number of rotatable bonds is 7. The van der Waals surface area contributed by atoms with E-state index in [0.29, 0.717) is 17.5 Å². The molecule has 0 aliphatic carbocycles. The molecular weight excluding hydrogens is 248 g/mol. The molecule has 0 radical (unpaired) electrons. The normalized spacial score (nSPS) is 11.2. The molecule has 98 valence electrons. The third-order valence-corrected chi connectivity index (χ3v) is 3.58. The molecule has 5 heteroatoms. The fourth-order valence-electron chi connectivity index (χ4n) is 1.71. The minimum absolute atomic E-state index is 0.291. The number of aliphatic hydroxyl groups excluding tert-OH is 1. The lowest BCUT2D eigenvalue weighted by Crippen LogP contribution is -1.85. The van der Waals surface area contributed by atoms with Gasteiger partial charge < -0.3 is 15.3 Å². The highest BCUT2D eigenvalue weighted by Crippen LogP contribution is 2.25. The third kappa shape index (κ3) is 3.65. The summed E-state index contributed by atoms with van der Waals surface area (Å²) in [5.74, 6) is 0.994. The number of nitrogens with zero attached hydrogens (tertiary/aromatic N) is 1. The Balaban J connectivity index is 1.81. The van der Waals surface area contributed by atoms with Gasteiger partial charge >= 0.3 is 0 Å². The van der Waals surface area contributed by atoms with Gasteiger partial charge in [0.05, 0.1) is 0 Å². The standard InChI is InChI=1S/C13H18N2O2S/c14-10-5-6-12-11(9-10)15-13(17-12)18-8-4-2-1-3-7-16/h5-6,9,16H,1-4,7-8,14H2. The van der Waals surface area contributed by atoms with E-state index in [-0.39, 0.29) is 0 Å². The Kier molecular flexibility index (Phi) is 4.90. The highest BCUT2D eigenvalue weighted by molar-refractivity contribution is 7.99. The maximum Gasteiger partial charge on any atom is 0.256 e. The van der Waals surface area contributed by atoms with Crippen molar-refractivity contribution in [1.29, 1.82) is 0 Å². The number of aliphatic hydroxyl groups is 1. The first-order valence-electron chi connectivity index (χ1n) is 6.19. The number of hydrogen-bond donors (Lipinski definition) is 2. The summed E-state index contributed by atoms with van der Waals surface area (Å²) in [6.07, 6.45) is 4.24. The van der Waals surface area contributed by atoms with E-state index in [0.717, 1.165) is 42.5 Å². The summed E-state index contributed by atoms with van der Waals surface area (Å²) in [6.45, 7) is 0.291. The molecule has 0 aliphatic heterocycles. The minimum Gasteiger partial charge on any atom is -0.431 e. The van der Waals surface area contributed by atoms with Crippen LogP contribution in [-0.4, -0.2) is 22.5 Å². The van der Waals surface area contributed by atoms with Crippen molar-refractivity contribution >= 4 is 28.5 Å². The first kappa shape index (κ1) is 13.2. The maximum atomic E-state index is 8.66. The van der Waals surface area contributed by atoms with Crippen LogP contribution in [0.25, 0.3) is 11.1 Å². The van der Waals surface area contributed by atoms with E-state index in [1.165, 1.54) is 0 Å². The zero-order chi connectivity index (χ0) is 12.8. The number of benzene rings is 1. The van der Waals surface area contributed by atoms with Gasteiger partial charge in [0, 0.05) is 18.0 Å². The molecule has 1 aromatic carbocycles. The van der Waals surface area contributed by atoms with E-state index in [1.54, 1.807) is 11.8 Å². The Bertz CT molecular complexity index is 499. The van der Waals surface area contributed by atoms with Crippen LogP contribution >= 0.6 is 11.8 Å². The molecule has 1 heterocycles. The summed E-state index contributed by atoms with van der Waals surface area (Å²) < 4.78 is 5.61. The molecule has 0 fully saturated rings. The van der Waals surface area contributed by atoms with Crippen LogP contribution in [-0.2, 0) is 0 Å². The van der Waals surface area contributed by atoms with E-state index in [9.17, 15) is 0 Å². The van der Waals surface area contributed by atoms with Crippen LogP contribution in [0.5, 0.6) is 0 Å². The number of unbranched alkanes of at least 4 members (excludes halogenated alkanes) is 3. The van der Waals surface area contributed by atoms with Crippen molar-refractivity contribution in [3.8, 4) is 0 Å². The Morgan fingerprint density at radius 3 is 2.89 bits per heavy atom. The van der Waals surface area contributed by atoms with Gasteiger partial charge in [-0.15, -0.1) is 0 Å². The number of oxazole rings is 1. The number of nitrogens with two attached hydrogens (primary N) is 1. The molecular formula is C13H18N2O2S. The molecule has 0 bridgehead atoms. The first-order valence-corrected chi connectivity index (χ1v) is 7.18. The summed E-state index contributed by atoms with van der Waals surface area (Å²) in [5.41, 5.74) is 8.00. The van der Waals surface area contributed by atoms with Gasteiger partial charge in [0.1, 0.15) is 5.52 Å². The Morgan fingerprint density at radius 2 is 2.06 bits per heavy atom. The van der Waals surface area contributed by atoms with Crippen molar-refractivity contribution in [2.24, 2.45) is 0 Å². The van der Waals surface area contributed by atoms with Crippen molar-refractivity contribution < 1.29 is 9.52 Å². The van der Waals surface area contributed by atoms with E-state index >= 15 is 0 Å². The van der Waals surface area contributed by atoms with Crippen LogP contribution in [0.3, 0.4) is 0 Å². The molecule has 0 unspecified atom stereocenters. The van der Waals surface area contributed by atoms with E-state index in [1.807, 2.05) is 18.2 Å². The molecule has 0 spiro atoms. The number of aromatic nitrogens is 1. The molecule has 1 aromatic heterocycles. The minimum atomic E-state index is 0.291. The quantitative estimate of drug-likeness (QED) is 0.458. The second-order valence-electron chi connectivity index (χ2n) is 4.19. The zero-order valence-electron chi connectivity index (χ0n) is 10.3. The fourth-order valence-corrected chi connectivity index (χ4v) is 2.55. The lowest BCUT2D eigenvalue weighted by molar-refractivity contribution is 0.283. The molecule has 18 heavy (non-hydrogen) atoms. The highest BCUT2D eigenvalue weighted by atomic mass is 32.2. The molecule has 2 rings (SSSR count). The van der Waals surface area contributed by atoms with Gasteiger partial charge in [0.2, 0.25) is 0 Å². The van der Waals surface area contributed by atoms with Crippen LogP contribution < -0.4 is 5.73 Å². The highest BCUT2D eigenvalue weighted by Gasteiger charge is 2.06. The molecule has 2 aromatic rings. The van der Waals surface area contributed by atoms with Gasteiger partial charge in [-0.05, 0) is 31.0 Å². The zero-order valence-corrected chi connectivity index (χ0v) is 11.1. The van der Waals surface area contributed by atoms with Crippen molar-refractivity contribution in [3.63, 3.8) is 0 Å². The monoisotopic (exact) mass is 266 g/mol. The fraction of sp³-hybridized carbons (Fsp3) is 0.462. The topological polar surface area (TPSA) is 72.3 Å². The summed E-state index contributed by atoms with van der Waals surface area (Å²) in [4.78, 5) is 4.38. The van der Waals surface area contributed by atoms with Crippen molar-refractivity contribution in [2.45, 2.75) is 30.9 Å². The summed E-state index contributed by atoms with van der Waals surface area (Å²) in [6, 6.07) is 5.49.